The van der Waals surface area contributed by atoms with Crippen molar-refractivity contribution in [3.63, 3.8) is 0 Å². The smallest absolute Gasteiger partial charge is 0.268 e. The Morgan fingerprint density at radius 2 is 1.79 bits per heavy atom. The highest BCUT2D eigenvalue weighted by atomic mass is 16.5. The van der Waals surface area contributed by atoms with E-state index < -0.39 is 11.5 Å². The normalized spacial score (nSPS) is 17.3. The number of aliphatic hydroxyl groups is 1. The Bertz CT molecular complexity index is 1340. The zero-order valence-corrected chi connectivity index (χ0v) is 18.7. The summed E-state index contributed by atoms with van der Waals surface area (Å²) in [4.78, 5) is 19.9. The zero-order valence-electron chi connectivity index (χ0n) is 18.7. The van der Waals surface area contributed by atoms with Crippen molar-refractivity contribution in [2.24, 2.45) is 0 Å². The molecule has 1 aliphatic heterocycles. The van der Waals surface area contributed by atoms with E-state index in [1.807, 2.05) is 74.5 Å². The minimum Gasteiger partial charge on any atom is -0.497 e. The third-order valence-electron chi connectivity index (χ3n) is 6.11. The van der Waals surface area contributed by atoms with Gasteiger partial charge in [0.1, 0.15) is 17.2 Å². The highest BCUT2D eigenvalue weighted by Crippen LogP contribution is 2.45. The molecule has 4 aromatic rings. The van der Waals surface area contributed by atoms with Crippen LogP contribution >= 0.6 is 0 Å². The predicted molar refractivity (Wildman–Crippen MR) is 125 cm³/mol. The van der Waals surface area contributed by atoms with Crippen LogP contribution in [-0.2, 0) is 16.9 Å². The van der Waals surface area contributed by atoms with E-state index in [0.717, 1.165) is 16.9 Å². The van der Waals surface area contributed by atoms with Gasteiger partial charge < -0.3 is 19.2 Å². The molecule has 3 aromatic carbocycles. The molecule has 0 aliphatic carbocycles. The van der Waals surface area contributed by atoms with Gasteiger partial charge in [0.05, 0.1) is 19.3 Å². The van der Waals surface area contributed by atoms with Crippen molar-refractivity contribution in [2.45, 2.75) is 26.0 Å². The number of aryl methyl sites for hydroxylation is 2. The van der Waals surface area contributed by atoms with Gasteiger partial charge in [0.2, 0.25) is 5.89 Å². The van der Waals surface area contributed by atoms with Crippen LogP contribution in [0.25, 0.3) is 11.5 Å². The van der Waals surface area contributed by atoms with Crippen molar-refractivity contribution >= 4 is 11.6 Å². The Kier molecular flexibility index (Phi) is 5.02. The number of methoxy groups -OCH3 is 1. The molecule has 0 bridgehead atoms. The van der Waals surface area contributed by atoms with E-state index in [9.17, 15) is 9.90 Å². The molecule has 5 rings (SSSR count). The van der Waals surface area contributed by atoms with E-state index in [0.29, 0.717) is 34.2 Å². The van der Waals surface area contributed by atoms with Crippen LogP contribution in [0.1, 0.15) is 28.1 Å². The molecule has 1 N–H and O–H groups in total. The molecule has 33 heavy (non-hydrogen) atoms. The molecule has 6 nitrogen and oxygen atoms in total. The van der Waals surface area contributed by atoms with Crippen LogP contribution in [0.5, 0.6) is 5.75 Å². The molecule has 0 spiro atoms. The second-order valence-electron chi connectivity index (χ2n) is 8.24. The summed E-state index contributed by atoms with van der Waals surface area (Å²) in [6, 6.07) is 22.2. The van der Waals surface area contributed by atoms with Crippen LogP contribution in [-0.4, -0.2) is 23.1 Å². The number of fused-ring (bicyclic) bond motifs is 1. The van der Waals surface area contributed by atoms with Crippen LogP contribution in [0, 0.1) is 13.8 Å². The van der Waals surface area contributed by atoms with E-state index in [4.69, 9.17) is 9.15 Å². The first kappa shape index (κ1) is 21.0. The highest BCUT2D eigenvalue weighted by molar-refractivity contribution is 6.09. The molecule has 0 saturated carbocycles. The largest absolute Gasteiger partial charge is 0.497 e. The number of carbonyl (C=O) groups is 1. The van der Waals surface area contributed by atoms with Crippen LogP contribution in [0.3, 0.4) is 0 Å². The van der Waals surface area contributed by atoms with E-state index in [1.54, 1.807) is 24.1 Å². The number of oxazole rings is 1. The first-order valence-corrected chi connectivity index (χ1v) is 10.7. The van der Waals surface area contributed by atoms with E-state index in [2.05, 4.69) is 4.98 Å². The summed E-state index contributed by atoms with van der Waals surface area (Å²) in [6.45, 7) is 3.96. The quantitative estimate of drug-likeness (QED) is 0.485. The third-order valence-corrected chi connectivity index (χ3v) is 6.11. The first-order chi connectivity index (χ1) is 15.9. The molecule has 1 atom stereocenters. The number of anilines is 1. The van der Waals surface area contributed by atoms with Crippen molar-refractivity contribution in [1.82, 2.24) is 4.98 Å². The molecule has 6 heteroatoms. The predicted octanol–water partition coefficient (Wildman–Crippen LogP) is 4.75. The molecular weight excluding hydrogens is 416 g/mol. The summed E-state index contributed by atoms with van der Waals surface area (Å²) in [6.07, 6.45) is 0. The number of nitrogens with zero attached hydrogens (tertiary/aromatic N) is 2. The SMILES string of the molecule is COc1ccc(-c2nc(CN3C(=O)[C@](O)(c4cccc(C)c4)c4ccccc43)c(C)o2)cc1. The summed E-state index contributed by atoms with van der Waals surface area (Å²) in [7, 11) is 1.62. The Labute approximate surface area is 192 Å². The Balaban J connectivity index is 1.52. The maximum absolute atomic E-state index is 13.7. The fourth-order valence-electron chi connectivity index (χ4n) is 4.32. The summed E-state index contributed by atoms with van der Waals surface area (Å²) in [5.41, 5.74) is 2.46. The molecular formula is C27H24N2O4. The summed E-state index contributed by atoms with van der Waals surface area (Å²) in [5.74, 6) is 1.44. The van der Waals surface area contributed by atoms with Gasteiger partial charge in [-0.25, -0.2) is 4.98 Å². The minimum absolute atomic E-state index is 0.190. The molecule has 1 amide bonds. The number of hydrogen-bond acceptors (Lipinski definition) is 5. The van der Waals surface area contributed by atoms with E-state index in [-0.39, 0.29) is 6.54 Å². The van der Waals surface area contributed by atoms with Crippen LogP contribution in [0.15, 0.2) is 77.2 Å². The summed E-state index contributed by atoms with van der Waals surface area (Å²) < 4.78 is 11.1. The molecule has 0 unspecified atom stereocenters. The minimum atomic E-state index is -1.75. The van der Waals surface area contributed by atoms with Gasteiger partial charge >= 0.3 is 0 Å². The van der Waals surface area contributed by atoms with Gasteiger partial charge in [-0.05, 0) is 49.7 Å². The van der Waals surface area contributed by atoms with Gasteiger partial charge in [-0.1, -0.05) is 48.0 Å². The lowest BCUT2D eigenvalue weighted by Crippen LogP contribution is -2.41. The second kappa shape index (κ2) is 7.90. The Morgan fingerprint density at radius 3 is 2.52 bits per heavy atom. The lowest BCUT2D eigenvalue weighted by molar-refractivity contribution is -0.132. The van der Waals surface area contributed by atoms with Crippen molar-refractivity contribution in [2.75, 3.05) is 12.0 Å². The van der Waals surface area contributed by atoms with Crippen molar-refractivity contribution in [1.29, 1.82) is 0 Å². The molecule has 2 heterocycles. The lowest BCUT2D eigenvalue weighted by atomic mass is 9.87. The number of rotatable bonds is 5. The molecule has 166 valence electrons. The van der Waals surface area contributed by atoms with Gasteiger partial charge in [0.15, 0.2) is 5.60 Å². The van der Waals surface area contributed by atoms with Gasteiger partial charge in [-0.15, -0.1) is 0 Å². The number of benzene rings is 3. The topological polar surface area (TPSA) is 75.8 Å². The summed E-state index contributed by atoms with van der Waals surface area (Å²) >= 11 is 0. The van der Waals surface area contributed by atoms with E-state index in [1.165, 1.54) is 0 Å². The van der Waals surface area contributed by atoms with Crippen LogP contribution in [0.4, 0.5) is 5.69 Å². The van der Waals surface area contributed by atoms with Gasteiger partial charge in [-0.3, -0.25) is 4.79 Å². The maximum atomic E-state index is 13.7. The average Bonchev–Trinajstić information content (AvgIpc) is 3.31. The fourth-order valence-corrected chi connectivity index (χ4v) is 4.32. The Hall–Kier alpha value is -3.90. The highest BCUT2D eigenvalue weighted by Gasteiger charge is 2.51. The maximum Gasteiger partial charge on any atom is 0.268 e. The van der Waals surface area contributed by atoms with Gasteiger partial charge in [-0.2, -0.15) is 0 Å². The number of ether oxygens (including phenoxy) is 1. The number of hydrogen-bond donors (Lipinski definition) is 1. The van der Waals surface area contributed by atoms with Crippen molar-refractivity contribution in [3.05, 3.63) is 101 Å². The monoisotopic (exact) mass is 440 g/mol. The standard InChI is InChI=1S/C27H24N2O4/c1-17-7-6-8-20(15-17)27(31)22-9-4-5-10-24(22)29(26(27)30)16-23-18(2)33-25(28-23)19-11-13-21(32-3)14-12-19/h4-15,31H,16H2,1-3H3/t27-/m0/s1. The van der Waals surface area contributed by atoms with Crippen LogP contribution < -0.4 is 9.64 Å². The number of aromatic nitrogens is 1. The lowest BCUT2D eigenvalue weighted by Gasteiger charge is -2.24. The first-order valence-electron chi connectivity index (χ1n) is 10.7. The second-order valence-corrected chi connectivity index (χ2v) is 8.24. The number of amides is 1. The van der Waals surface area contributed by atoms with Crippen molar-refractivity contribution < 1.29 is 19.1 Å². The van der Waals surface area contributed by atoms with Gasteiger partial charge in [0, 0.05) is 11.1 Å². The molecule has 1 aliphatic rings. The summed E-state index contributed by atoms with van der Waals surface area (Å²) in [5, 5.41) is 11.7. The van der Waals surface area contributed by atoms with Crippen LogP contribution in [0.2, 0.25) is 0 Å². The Morgan fingerprint density at radius 1 is 1.03 bits per heavy atom. The zero-order chi connectivity index (χ0) is 23.2. The number of para-hydroxylation sites is 1. The van der Waals surface area contributed by atoms with Crippen molar-refractivity contribution in [3.8, 4) is 17.2 Å². The molecule has 0 radical (unpaired) electrons. The average molecular weight is 440 g/mol. The fraction of sp³-hybridized carbons (Fsp3) is 0.185. The van der Waals surface area contributed by atoms with Gasteiger partial charge in [0.25, 0.3) is 5.91 Å². The molecule has 0 fully saturated rings. The number of carbonyl (C=O) groups excluding carboxylic acids is 1. The third kappa shape index (κ3) is 3.39. The molecule has 1 aromatic heterocycles. The van der Waals surface area contributed by atoms with E-state index >= 15 is 0 Å². The molecule has 0 saturated heterocycles.